The number of benzene rings is 1. The predicted molar refractivity (Wildman–Crippen MR) is 103 cm³/mol. The van der Waals surface area contributed by atoms with Gasteiger partial charge >= 0.3 is 0 Å². The lowest BCUT2D eigenvalue weighted by atomic mass is 9.94. The molecule has 25 heavy (non-hydrogen) atoms. The van der Waals surface area contributed by atoms with E-state index < -0.39 is 0 Å². The summed E-state index contributed by atoms with van der Waals surface area (Å²) >= 11 is 1.59. The van der Waals surface area contributed by atoms with Crippen molar-refractivity contribution in [3.05, 3.63) is 57.8 Å². The second-order valence-electron chi connectivity index (χ2n) is 7.58. The molecule has 2 bridgehead atoms. The molecule has 1 aromatic heterocycles. The van der Waals surface area contributed by atoms with Gasteiger partial charge in [-0.05, 0) is 48.3 Å². The highest BCUT2D eigenvalue weighted by Crippen LogP contribution is 2.30. The van der Waals surface area contributed by atoms with Crippen LogP contribution in [0.5, 0.6) is 0 Å². The summed E-state index contributed by atoms with van der Waals surface area (Å²) in [4.78, 5) is 17.7. The van der Waals surface area contributed by atoms with Crippen molar-refractivity contribution in [2.24, 2.45) is 5.92 Å². The van der Waals surface area contributed by atoms with Gasteiger partial charge in [0, 0.05) is 38.8 Å². The maximum atomic E-state index is 11.5. The van der Waals surface area contributed by atoms with E-state index >= 15 is 0 Å². The monoisotopic (exact) mass is 354 g/mol. The molecular formula is C21H26N2OS. The van der Waals surface area contributed by atoms with Crippen molar-refractivity contribution >= 4 is 17.1 Å². The minimum Gasteiger partial charge on any atom is -0.297 e. The normalized spacial score (nSPS) is 24.4. The van der Waals surface area contributed by atoms with Crippen molar-refractivity contribution < 1.29 is 4.79 Å². The van der Waals surface area contributed by atoms with Crippen LogP contribution < -0.4 is 0 Å². The molecule has 5 rings (SSSR count). The van der Waals surface area contributed by atoms with E-state index in [1.165, 1.54) is 37.1 Å². The second kappa shape index (κ2) is 7.40. The summed E-state index contributed by atoms with van der Waals surface area (Å²) in [7, 11) is 0. The summed E-state index contributed by atoms with van der Waals surface area (Å²) in [6, 6.07) is 13.6. The van der Waals surface area contributed by atoms with Crippen molar-refractivity contribution in [1.29, 1.82) is 0 Å². The summed E-state index contributed by atoms with van der Waals surface area (Å²) in [6.07, 6.45) is 2.66. The lowest BCUT2D eigenvalue weighted by molar-refractivity contribution is 0.102. The smallest absolute Gasteiger partial charge is 0.169 e. The van der Waals surface area contributed by atoms with Gasteiger partial charge < -0.3 is 0 Å². The van der Waals surface area contributed by atoms with Crippen molar-refractivity contribution in [3.63, 3.8) is 0 Å². The lowest BCUT2D eigenvalue weighted by Gasteiger charge is -2.36. The van der Waals surface area contributed by atoms with Gasteiger partial charge in [-0.15, -0.1) is 11.3 Å². The van der Waals surface area contributed by atoms with Gasteiger partial charge in [-0.1, -0.05) is 30.3 Å². The molecule has 3 aliphatic heterocycles. The summed E-state index contributed by atoms with van der Waals surface area (Å²) in [5, 5.41) is 2.16. The second-order valence-corrected chi connectivity index (χ2v) is 8.49. The minimum atomic E-state index is 0.183. The third kappa shape index (κ3) is 4.02. The first-order chi connectivity index (χ1) is 12.2. The third-order valence-electron chi connectivity index (χ3n) is 5.54. The van der Waals surface area contributed by atoms with E-state index in [0.717, 1.165) is 30.4 Å². The van der Waals surface area contributed by atoms with E-state index in [0.29, 0.717) is 6.04 Å². The fourth-order valence-corrected chi connectivity index (χ4v) is 5.12. The fraction of sp³-hybridized carbons (Fsp3) is 0.476. The van der Waals surface area contributed by atoms with Crippen LogP contribution in [0, 0.1) is 5.92 Å². The fourth-order valence-electron chi connectivity index (χ4n) is 4.32. The van der Waals surface area contributed by atoms with E-state index in [1.54, 1.807) is 18.3 Å². The van der Waals surface area contributed by atoms with E-state index in [-0.39, 0.29) is 5.78 Å². The van der Waals surface area contributed by atoms with Gasteiger partial charge in [0.05, 0.1) is 4.88 Å². The third-order valence-corrected chi connectivity index (χ3v) is 6.62. The average Bonchev–Trinajstić information content (AvgIpc) is 2.91. The number of piperidine rings is 1. The number of rotatable bonds is 5. The Morgan fingerprint density at radius 3 is 2.68 bits per heavy atom. The topological polar surface area (TPSA) is 23.6 Å². The van der Waals surface area contributed by atoms with Crippen molar-refractivity contribution in [2.45, 2.75) is 38.9 Å². The molecule has 0 unspecified atom stereocenters. The standard InChI is InChI=1S/C21H26N2OS/c1-16(24)21-9-19(15-25-21)13-23-12-18-7-8-20(23)14-22(11-18)10-17-5-3-2-4-6-17/h2-6,9,15,18,20H,7-8,10-14H2,1H3/t18-,20+/m0/s1. The average molecular weight is 355 g/mol. The summed E-state index contributed by atoms with van der Waals surface area (Å²) < 4.78 is 0. The van der Waals surface area contributed by atoms with Crippen LogP contribution in [0.15, 0.2) is 41.8 Å². The van der Waals surface area contributed by atoms with Crippen molar-refractivity contribution in [3.8, 4) is 0 Å². The number of hydrogen-bond donors (Lipinski definition) is 0. The first-order valence-corrected chi connectivity index (χ1v) is 10.1. The first-order valence-electron chi connectivity index (χ1n) is 9.26. The van der Waals surface area contributed by atoms with Gasteiger partial charge in [0.15, 0.2) is 5.78 Å². The van der Waals surface area contributed by atoms with Crippen LogP contribution in [0.3, 0.4) is 0 Å². The number of thiophene rings is 1. The lowest BCUT2D eigenvalue weighted by Crippen LogP contribution is -2.43. The molecule has 0 spiro atoms. The molecule has 1 aromatic carbocycles. The molecule has 132 valence electrons. The zero-order valence-electron chi connectivity index (χ0n) is 14.9. The molecular weight excluding hydrogens is 328 g/mol. The summed E-state index contributed by atoms with van der Waals surface area (Å²) in [5.41, 5.74) is 2.72. The number of carbonyl (C=O) groups excluding carboxylic acids is 1. The SMILES string of the molecule is CC(=O)c1cc(CN2C[C@H]3CC[C@@H]2CN(Cc2ccccc2)C3)cs1. The molecule has 3 fully saturated rings. The number of hydrogen-bond acceptors (Lipinski definition) is 4. The molecule has 3 aliphatic rings. The molecule has 3 saturated heterocycles. The predicted octanol–water partition coefficient (Wildman–Crippen LogP) is 4.05. The number of nitrogens with zero attached hydrogens (tertiary/aromatic N) is 2. The Balaban J connectivity index is 1.43. The summed E-state index contributed by atoms with van der Waals surface area (Å²) in [6.45, 7) is 7.28. The number of carbonyl (C=O) groups is 1. The Morgan fingerprint density at radius 2 is 1.92 bits per heavy atom. The highest BCUT2D eigenvalue weighted by atomic mass is 32.1. The van der Waals surface area contributed by atoms with Crippen molar-refractivity contribution in [2.75, 3.05) is 19.6 Å². The molecule has 0 N–H and O–H groups in total. The van der Waals surface area contributed by atoms with Crippen molar-refractivity contribution in [1.82, 2.24) is 9.80 Å². The number of ketones is 1. The zero-order valence-corrected chi connectivity index (χ0v) is 15.7. The minimum absolute atomic E-state index is 0.183. The van der Waals surface area contributed by atoms with Gasteiger partial charge in [-0.2, -0.15) is 0 Å². The summed E-state index contributed by atoms with van der Waals surface area (Å²) in [5.74, 6) is 0.955. The zero-order chi connectivity index (χ0) is 17.2. The van der Waals surface area contributed by atoms with Crippen LogP contribution in [0.25, 0.3) is 0 Å². The maximum absolute atomic E-state index is 11.5. The van der Waals surface area contributed by atoms with E-state index in [1.807, 2.05) is 0 Å². The van der Waals surface area contributed by atoms with Crippen LogP contribution in [0.2, 0.25) is 0 Å². The molecule has 0 aliphatic carbocycles. The molecule has 0 amide bonds. The quantitative estimate of drug-likeness (QED) is 0.757. The van der Waals surface area contributed by atoms with Crippen LogP contribution in [-0.4, -0.2) is 41.3 Å². The maximum Gasteiger partial charge on any atom is 0.169 e. The largest absolute Gasteiger partial charge is 0.297 e. The molecule has 2 aromatic rings. The van der Waals surface area contributed by atoms with Gasteiger partial charge in [-0.25, -0.2) is 0 Å². The number of Topliss-reactive ketones (excluding diaryl/α,β-unsaturated/α-hetero) is 1. The van der Waals surface area contributed by atoms with Gasteiger partial charge in [-0.3, -0.25) is 14.6 Å². The highest BCUT2D eigenvalue weighted by Gasteiger charge is 2.34. The molecule has 4 heteroatoms. The van der Waals surface area contributed by atoms with Crippen LogP contribution in [0.4, 0.5) is 0 Å². The Labute approximate surface area is 154 Å². The van der Waals surface area contributed by atoms with Gasteiger partial charge in [0.25, 0.3) is 0 Å². The molecule has 3 nitrogen and oxygen atoms in total. The van der Waals surface area contributed by atoms with E-state index in [4.69, 9.17) is 0 Å². The van der Waals surface area contributed by atoms with Crippen LogP contribution in [-0.2, 0) is 13.1 Å². The molecule has 2 atom stereocenters. The number of fused-ring (bicyclic) bond motifs is 4. The Bertz CT molecular complexity index is 727. The van der Waals surface area contributed by atoms with Crippen LogP contribution in [0.1, 0.15) is 40.6 Å². The van der Waals surface area contributed by atoms with Crippen LogP contribution >= 0.6 is 11.3 Å². The molecule has 0 radical (unpaired) electrons. The van der Waals surface area contributed by atoms with E-state index in [9.17, 15) is 4.79 Å². The Kier molecular flexibility index (Phi) is 5.02. The Hall–Kier alpha value is -1.49. The molecule has 4 heterocycles. The first kappa shape index (κ1) is 17.0. The van der Waals surface area contributed by atoms with E-state index in [2.05, 4.69) is 51.6 Å². The molecule has 0 saturated carbocycles. The Morgan fingerprint density at radius 1 is 1.08 bits per heavy atom. The van der Waals surface area contributed by atoms with Gasteiger partial charge in [0.2, 0.25) is 0 Å². The van der Waals surface area contributed by atoms with Gasteiger partial charge in [0.1, 0.15) is 0 Å². The highest BCUT2D eigenvalue weighted by molar-refractivity contribution is 7.12.